The van der Waals surface area contributed by atoms with E-state index in [-0.39, 0.29) is 17.9 Å². The largest absolute Gasteiger partial charge is 0.505 e. The van der Waals surface area contributed by atoms with Crippen LogP contribution in [0.4, 0.5) is 14.5 Å². The molecule has 0 radical (unpaired) electrons. The van der Waals surface area contributed by atoms with Crippen LogP contribution in [0.2, 0.25) is 0 Å². The maximum atomic E-state index is 13.9. The topological polar surface area (TPSA) is 49.3 Å². The van der Waals surface area contributed by atoms with Gasteiger partial charge >= 0.3 is 0 Å². The first-order valence-corrected chi connectivity index (χ1v) is 5.67. The Morgan fingerprint density at radius 1 is 1.05 bits per heavy atom. The number of hydrogen-bond donors (Lipinski definition) is 2. The molecule has 0 aromatic heterocycles. The Hall–Kier alpha value is -2.43. The van der Waals surface area contributed by atoms with Gasteiger partial charge in [-0.15, -0.1) is 0 Å². The molecule has 1 aliphatic rings. The van der Waals surface area contributed by atoms with Crippen LogP contribution in [-0.2, 0) is 11.2 Å². The molecule has 5 heteroatoms. The van der Waals surface area contributed by atoms with E-state index in [0.29, 0.717) is 11.3 Å². The van der Waals surface area contributed by atoms with Crippen LogP contribution in [0.3, 0.4) is 0 Å². The molecule has 2 aromatic rings. The van der Waals surface area contributed by atoms with Gasteiger partial charge in [-0.25, -0.2) is 4.39 Å². The fourth-order valence-corrected chi connectivity index (χ4v) is 2.22. The van der Waals surface area contributed by atoms with Crippen LogP contribution < -0.4 is 5.32 Å². The van der Waals surface area contributed by atoms with Gasteiger partial charge in [-0.3, -0.25) is 4.79 Å². The zero-order valence-electron chi connectivity index (χ0n) is 9.71. The lowest BCUT2D eigenvalue weighted by Gasteiger charge is -2.10. The number of rotatable bonds is 1. The highest BCUT2D eigenvalue weighted by atomic mass is 19.2. The molecule has 1 amide bonds. The molecule has 0 bridgehead atoms. The molecular weight excluding hydrogens is 252 g/mol. The quantitative estimate of drug-likeness (QED) is 0.829. The molecule has 1 aliphatic heterocycles. The van der Waals surface area contributed by atoms with E-state index in [4.69, 9.17) is 5.11 Å². The Bertz CT molecular complexity index is 698. The van der Waals surface area contributed by atoms with Gasteiger partial charge in [0.15, 0.2) is 11.6 Å². The molecule has 3 nitrogen and oxygen atoms in total. The van der Waals surface area contributed by atoms with Crippen molar-refractivity contribution in [2.75, 3.05) is 5.32 Å². The lowest BCUT2D eigenvalue weighted by molar-refractivity contribution is -0.115. The lowest BCUT2D eigenvalue weighted by Crippen LogP contribution is -2.04. The number of phenolic OH excluding ortho intramolecular Hbond substituents is 1. The third-order valence-electron chi connectivity index (χ3n) is 3.12. The molecular formula is C14H9F2NO2. The standard InChI is InChI=1S/C14H9F2NO2/c15-12-8(4-5-10(18)13(12)16)9-3-1-2-7-6-11(19)17-14(7)9/h1-5,18H,6H2,(H,17,19). The molecule has 2 N–H and O–H groups in total. The minimum Gasteiger partial charge on any atom is -0.505 e. The Morgan fingerprint density at radius 2 is 1.84 bits per heavy atom. The van der Waals surface area contributed by atoms with E-state index in [2.05, 4.69) is 5.32 Å². The smallest absolute Gasteiger partial charge is 0.228 e. The highest BCUT2D eigenvalue weighted by molar-refractivity contribution is 6.03. The summed E-state index contributed by atoms with van der Waals surface area (Å²) < 4.78 is 27.3. The maximum absolute atomic E-state index is 13.9. The summed E-state index contributed by atoms with van der Waals surface area (Å²) in [6, 6.07) is 7.40. The summed E-state index contributed by atoms with van der Waals surface area (Å²) in [5.41, 5.74) is 1.65. The number of amides is 1. The molecule has 0 spiro atoms. The summed E-state index contributed by atoms with van der Waals surface area (Å²) in [5, 5.41) is 11.8. The van der Waals surface area contributed by atoms with Gasteiger partial charge in [-0.1, -0.05) is 18.2 Å². The van der Waals surface area contributed by atoms with Crippen molar-refractivity contribution in [2.45, 2.75) is 6.42 Å². The number of halogens is 2. The molecule has 0 atom stereocenters. The van der Waals surface area contributed by atoms with Crippen molar-refractivity contribution in [3.8, 4) is 16.9 Å². The van der Waals surface area contributed by atoms with Gasteiger partial charge in [-0.2, -0.15) is 4.39 Å². The molecule has 96 valence electrons. The van der Waals surface area contributed by atoms with Crippen LogP contribution in [0.1, 0.15) is 5.56 Å². The molecule has 0 saturated heterocycles. The number of hydrogen-bond acceptors (Lipinski definition) is 2. The number of fused-ring (bicyclic) bond motifs is 1. The molecule has 0 unspecified atom stereocenters. The van der Waals surface area contributed by atoms with E-state index < -0.39 is 17.4 Å². The Balaban J connectivity index is 2.22. The van der Waals surface area contributed by atoms with Crippen molar-refractivity contribution in [2.24, 2.45) is 0 Å². The predicted octanol–water partition coefficient (Wildman–Crippen LogP) is 2.83. The van der Waals surface area contributed by atoms with Crippen LogP contribution in [0, 0.1) is 11.6 Å². The number of aromatic hydroxyl groups is 1. The molecule has 2 aromatic carbocycles. The van der Waals surface area contributed by atoms with Gasteiger partial charge in [0, 0.05) is 11.1 Å². The third-order valence-corrected chi connectivity index (χ3v) is 3.12. The van der Waals surface area contributed by atoms with Crippen molar-refractivity contribution >= 4 is 11.6 Å². The van der Waals surface area contributed by atoms with Crippen molar-refractivity contribution in [3.63, 3.8) is 0 Å². The average Bonchev–Trinajstić information content (AvgIpc) is 2.76. The normalized spacial score (nSPS) is 13.3. The predicted molar refractivity (Wildman–Crippen MR) is 65.8 cm³/mol. The first-order chi connectivity index (χ1) is 9.08. The van der Waals surface area contributed by atoms with Gasteiger partial charge < -0.3 is 10.4 Å². The fraction of sp³-hybridized carbons (Fsp3) is 0.0714. The highest BCUT2D eigenvalue weighted by Crippen LogP contribution is 2.37. The van der Waals surface area contributed by atoms with Crippen LogP contribution in [0.5, 0.6) is 5.75 Å². The summed E-state index contributed by atoms with van der Waals surface area (Å²) in [6.07, 6.45) is 0.228. The highest BCUT2D eigenvalue weighted by Gasteiger charge is 2.23. The van der Waals surface area contributed by atoms with E-state index in [1.54, 1.807) is 18.2 Å². The van der Waals surface area contributed by atoms with Gasteiger partial charge in [0.25, 0.3) is 0 Å². The fourth-order valence-electron chi connectivity index (χ4n) is 2.22. The van der Waals surface area contributed by atoms with E-state index in [9.17, 15) is 13.6 Å². The van der Waals surface area contributed by atoms with Crippen molar-refractivity contribution in [1.82, 2.24) is 0 Å². The number of para-hydroxylation sites is 1. The van der Waals surface area contributed by atoms with E-state index in [0.717, 1.165) is 11.6 Å². The summed E-state index contributed by atoms with van der Waals surface area (Å²) in [7, 11) is 0. The van der Waals surface area contributed by atoms with Gasteiger partial charge in [-0.05, 0) is 17.7 Å². The Kier molecular flexibility index (Phi) is 2.48. The summed E-state index contributed by atoms with van der Waals surface area (Å²) in [6.45, 7) is 0. The number of phenols is 1. The molecule has 0 saturated carbocycles. The van der Waals surface area contributed by atoms with E-state index >= 15 is 0 Å². The molecule has 1 heterocycles. The summed E-state index contributed by atoms with van der Waals surface area (Å²) in [5.74, 6) is -3.34. The van der Waals surface area contributed by atoms with Gasteiger partial charge in [0.2, 0.25) is 11.7 Å². The van der Waals surface area contributed by atoms with Gasteiger partial charge in [0.05, 0.1) is 12.1 Å². The van der Waals surface area contributed by atoms with E-state index in [1.165, 1.54) is 6.07 Å². The van der Waals surface area contributed by atoms with Crippen molar-refractivity contribution in [3.05, 3.63) is 47.5 Å². The first kappa shape index (κ1) is 11.6. The lowest BCUT2D eigenvalue weighted by atomic mass is 10.00. The molecule has 0 fully saturated rings. The molecule has 3 rings (SSSR count). The van der Waals surface area contributed by atoms with E-state index in [1.807, 2.05) is 0 Å². The monoisotopic (exact) mass is 261 g/mol. The van der Waals surface area contributed by atoms with Crippen LogP contribution in [0.25, 0.3) is 11.1 Å². The van der Waals surface area contributed by atoms with Crippen molar-refractivity contribution < 1.29 is 18.7 Å². The van der Waals surface area contributed by atoms with Crippen LogP contribution in [-0.4, -0.2) is 11.0 Å². The number of carbonyl (C=O) groups is 1. The zero-order valence-corrected chi connectivity index (χ0v) is 9.71. The SMILES string of the molecule is O=C1Cc2cccc(-c3ccc(O)c(F)c3F)c2N1. The minimum atomic E-state index is -1.29. The number of nitrogens with one attached hydrogen (secondary N) is 1. The van der Waals surface area contributed by atoms with Crippen LogP contribution in [0.15, 0.2) is 30.3 Å². The summed E-state index contributed by atoms with van der Waals surface area (Å²) >= 11 is 0. The number of anilines is 1. The Labute approximate surface area is 107 Å². The van der Waals surface area contributed by atoms with Crippen LogP contribution >= 0.6 is 0 Å². The second-order valence-corrected chi connectivity index (χ2v) is 4.32. The average molecular weight is 261 g/mol. The van der Waals surface area contributed by atoms with Crippen molar-refractivity contribution in [1.29, 1.82) is 0 Å². The number of carbonyl (C=O) groups excluding carboxylic acids is 1. The zero-order chi connectivity index (χ0) is 13.6. The Morgan fingerprint density at radius 3 is 2.63 bits per heavy atom. The summed E-state index contributed by atoms with van der Waals surface area (Å²) in [4.78, 5) is 11.4. The molecule has 0 aliphatic carbocycles. The third kappa shape index (κ3) is 1.74. The van der Waals surface area contributed by atoms with Gasteiger partial charge in [0.1, 0.15) is 0 Å². The first-order valence-electron chi connectivity index (χ1n) is 5.67. The minimum absolute atomic E-state index is 0.00866. The second-order valence-electron chi connectivity index (χ2n) is 4.32. The number of benzene rings is 2. The molecule has 19 heavy (non-hydrogen) atoms. The second kappa shape index (κ2) is 4.05. The maximum Gasteiger partial charge on any atom is 0.228 e.